The van der Waals surface area contributed by atoms with Crippen LogP contribution in [-0.2, 0) is 14.3 Å². The lowest BCUT2D eigenvalue weighted by atomic mass is 10.3. The van der Waals surface area contributed by atoms with Gasteiger partial charge in [0.2, 0.25) is 5.91 Å². The van der Waals surface area contributed by atoms with Gasteiger partial charge in [-0.3, -0.25) is 9.59 Å². The van der Waals surface area contributed by atoms with Gasteiger partial charge >= 0.3 is 5.97 Å². The summed E-state index contributed by atoms with van der Waals surface area (Å²) in [5.41, 5.74) is 5.65. The maximum atomic E-state index is 11.4. The summed E-state index contributed by atoms with van der Waals surface area (Å²) in [7, 11) is 1.26. The Hall–Kier alpha value is -1.10. The van der Waals surface area contributed by atoms with E-state index in [-0.39, 0.29) is 18.5 Å². The maximum Gasteiger partial charge on any atom is 0.315 e. The third-order valence-electron chi connectivity index (χ3n) is 2.14. The van der Waals surface area contributed by atoms with Gasteiger partial charge in [0.25, 0.3) is 0 Å². The smallest absolute Gasteiger partial charge is 0.315 e. The molecule has 0 spiro atoms. The fourth-order valence-corrected chi connectivity index (χ4v) is 1.40. The average molecular weight is 186 g/mol. The van der Waals surface area contributed by atoms with E-state index in [0.29, 0.717) is 6.54 Å². The molecule has 2 N–H and O–H groups in total. The van der Waals surface area contributed by atoms with Gasteiger partial charge in [0.15, 0.2) is 0 Å². The van der Waals surface area contributed by atoms with Crippen molar-refractivity contribution in [2.75, 3.05) is 13.7 Å². The van der Waals surface area contributed by atoms with E-state index in [1.165, 1.54) is 12.0 Å². The number of ether oxygens (including phenoxy) is 1. The van der Waals surface area contributed by atoms with Crippen molar-refractivity contribution in [3.63, 3.8) is 0 Å². The first-order chi connectivity index (χ1) is 6.15. The zero-order valence-electron chi connectivity index (χ0n) is 7.66. The zero-order chi connectivity index (χ0) is 9.84. The molecule has 0 aliphatic carbocycles. The fraction of sp³-hybridized carbons (Fsp3) is 0.750. The summed E-state index contributed by atoms with van der Waals surface area (Å²) < 4.78 is 4.39. The van der Waals surface area contributed by atoms with Gasteiger partial charge in [0.1, 0.15) is 6.42 Å². The Balaban J connectivity index is 2.43. The monoisotopic (exact) mass is 186 g/mol. The Morgan fingerprint density at radius 3 is 2.77 bits per heavy atom. The predicted molar refractivity (Wildman–Crippen MR) is 45.6 cm³/mol. The van der Waals surface area contributed by atoms with E-state index in [1.807, 2.05) is 0 Å². The van der Waals surface area contributed by atoms with Crippen LogP contribution in [0.1, 0.15) is 19.3 Å². The summed E-state index contributed by atoms with van der Waals surface area (Å²) in [5.74, 6) is -0.749. The molecular weight excluding hydrogens is 172 g/mol. The molecule has 1 fully saturated rings. The Morgan fingerprint density at radius 1 is 1.62 bits per heavy atom. The van der Waals surface area contributed by atoms with Crippen molar-refractivity contribution < 1.29 is 14.3 Å². The molecule has 0 radical (unpaired) electrons. The van der Waals surface area contributed by atoms with Gasteiger partial charge in [-0.15, -0.1) is 0 Å². The number of nitrogens with zero attached hydrogens (tertiary/aromatic N) is 1. The Bertz CT molecular complexity index is 217. The van der Waals surface area contributed by atoms with E-state index in [1.54, 1.807) is 0 Å². The Labute approximate surface area is 76.8 Å². The van der Waals surface area contributed by atoms with Crippen LogP contribution in [0.3, 0.4) is 0 Å². The van der Waals surface area contributed by atoms with Gasteiger partial charge in [0, 0.05) is 6.54 Å². The van der Waals surface area contributed by atoms with Crippen LogP contribution in [0, 0.1) is 0 Å². The summed E-state index contributed by atoms with van der Waals surface area (Å²) in [4.78, 5) is 23.7. The second-order valence-corrected chi connectivity index (χ2v) is 3.05. The molecule has 0 aromatic rings. The highest BCUT2D eigenvalue weighted by molar-refractivity contribution is 5.94. The number of carbonyl (C=O) groups is 2. The number of methoxy groups -OCH3 is 1. The predicted octanol–water partition coefficient (Wildman–Crippen LogP) is -0.543. The van der Waals surface area contributed by atoms with Crippen LogP contribution in [0.5, 0.6) is 0 Å². The van der Waals surface area contributed by atoms with Crippen LogP contribution in [0.4, 0.5) is 0 Å². The van der Waals surface area contributed by atoms with Crippen molar-refractivity contribution in [1.82, 2.24) is 4.90 Å². The fourth-order valence-electron chi connectivity index (χ4n) is 1.40. The second kappa shape index (κ2) is 4.23. The highest BCUT2D eigenvalue weighted by Crippen LogP contribution is 2.13. The lowest BCUT2D eigenvalue weighted by Crippen LogP contribution is -2.41. The topological polar surface area (TPSA) is 72.6 Å². The number of amides is 1. The largest absolute Gasteiger partial charge is 0.469 e. The maximum absolute atomic E-state index is 11.4. The molecule has 0 saturated carbocycles. The van der Waals surface area contributed by atoms with Crippen LogP contribution in [-0.4, -0.2) is 36.6 Å². The molecule has 0 aromatic heterocycles. The number of carbonyl (C=O) groups excluding carboxylic acids is 2. The van der Waals surface area contributed by atoms with Crippen LogP contribution in [0.2, 0.25) is 0 Å². The van der Waals surface area contributed by atoms with Gasteiger partial charge < -0.3 is 15.4 Å². The van der Waals surface area contributed by atoms with E-state index in [4.69, 9.17) is 5.73 Å². The van der Waals surface area contributed by atoms with Crippen molar-refractivity contribution in [3.8, 4) is 0 Å². The molecular formula is C8H14N2O3. The molecule has 1 unspecified atom stereocenters. The molecule has 1 amide bonds. The Morgan fingerprint density at radius 2 is 2.31 bits per heavy atom. The highest BCUT2D eigenvalue weighted by atomic mass is 16.5. The number of rotatable bonds is 2. The molecule has 1 rings (SSSR count). The highest BCUT2D eigenvalue weighted by Gasteiger charge is 2.26. The molecule has 0 aromatic carbocycles. The van der Waals surface area contributed by atoms with E-state index in [9.17, 15) is 9.59 Å². The van der Waals surface area contributed by atoms with E-state index < -0.39 is 5.97 Å². The van der Waals surface area contributed by atoms with Crippen molar-refractivity contribution in [3.05, 3.63) is 0 Å². The zero-order valence-corrected chi connectivity index (χ0v) is 7.66. The van der Waals surface area contributed by atoms with Crippen LogP contribution >= 0.6 is 0 Å². The average Bonchev–Trinajstić information content (AvgIpc) is 2.51. The van der Waals surface area contributed by atoms with Crippen molar-refractivity contribution in [2.45, 2.75) is 25.4 Å². The molecule has 13 heavy (non-hydrogen) atoms. The first kappa shape index (κ1) is 9.98. The van der Waals surface area contributed by atoms with E-state index in [2.05, 4.69) is 4.74 Å². The summed E-state index contributed by atoms with van der Waals surface area (Å²) in [6.45, 7) is 0.650. The standard InChI is InChI=1S/C8H14N2O3/c1-13-8(12)5-7(11)10-4-2-3-6(10)9/h6H,2-5,9H2,1H3. The molecule has 5 nitrogen and oxygen atoms in total. The van der Waals surface area contributed by atoms with Crippen LogP contribution < -0.4 is 5.73 Å². The molecule has 1 aliphatic rings. The molecule has 74 valence electrons. The molecule has 1 saturated heterocycles. The van der Waals surface area contributed by atoms with Gasteiger partial charge in [0.05, 0.1) is 13.3 Å². The third-order valence-corrected chi connectivity index (χ3v) is 2.14. The lowest BCUT2D eigenvalue weighted by Gasteiger charge is -2.20. The number of hydrogen-bond donors (Lipinski definition) is 1. The molecule has 0 bridgehead atoms. The first-order valence-electron chi connectivity index (χ1n) is 4.27. The first-order valence-corrected chi connectivity index (χ1v) is 4.27. The van der Waals surface area contributed by atoms with Crippen molar-refractivity contribution >= 4 is 11.9 Å². The summed E-state index contributed by atoms with van der Waals surface area (Å²) >= 11 is 0. The van der Waals surface area contributed by atoms with Crippen molar-refractivity contribution in [1.29, 1.82) is 0 Å². The molecule has 1 heterocycles. The molecule has 1 aliphatic heterocycles. The normalized spacial score (nSPS) is 21.7. The summed E-state index contributed by atoms with van der Waals surface area (Å²) in [6, 6.07) is 0. The minimum atomic E-state index is -0.510. The van der Waals surface area contributed by atoms with Gasteiger partial charge in [-0.1, -0.05) is 0 Å². The van der Waals surface area contributed by atoms with Gasteiger partial charge in [-0.05, 0) is 12.8 Å². The number of nitrogens with two attached hydrogens (primary N) is 1. The second-order valence-electron chi connectivity index (χ2n) is 3.05. The minimum Gasteiger partial charge on any atom is -0.469 e. The minimum absolute atomic E-state index is 0.204. The van der Waals surface area contributed by atoms with Gasteiger partial charge in [-0.2, -0.15) is 0 Å². The SMILES string of the molecule is COC(=O)CC(=O)N1CCCC1N. The number of likely N-dealkylation sites (tertiary alicyclic amines) is 1. The van der Waals surface area contributed by atoms with Crippen LogP contribution in [0.15, 0.2) is 0 Å². The van der Waals surface area contributed by atoms with Crippen molar-refractivity contribution in [2.24, 2.45) is 5.73 Å². The van der Waals surface area contributed by atoms with Crippen LogP contribution in [0.25, 0.3) is 0 Å². The Kier molecular flexibility index (Phi) is 3.25. The van der Waals surface area contributed by atoms with E-state index in [0.717, 1.165) is 12.8 Å². The van der Waals surface area contributed by atoms with E-state index >= 15 is 0 Å². The molecule has 5 heteroatoms. The lowest BCUT2D eigenvalue weighted by molar-refractivity contribution is -0.147. The third kappa shape index (κ3) is 2.42. The number of hydrogen-bond acceptors (Lipinski definition) is 4. The van der Waals surface area contributed by atoms with Gasteiger partial charge in [-0.25, -0.2) is 0 Å². The summed E-state index contributed by atoms with van der Waals surface area (Å²) in [6.07, 6.45) is 1.29. The summed E-state index contributed by atoms with van der Waals surface area (Å²) in [5, 5.41) is 0. The quantitative estimate of drug-likeness (QED) is 0.464. The number of esters is 1. The molecule has 1 atom stereocenters.